The van der Waals surface area contributed by atoms with E-state index in [9.17, 15) is 4.79 Å². The number of hydrogen-bond acceptors (Lipinski definition) is 2. The molecule has 0 aliphatic rings. The molecule has 2 rings (SSSR count). The quantitative estimate of drug-likeness (QED) is 0.675. The van der Waals surface area contributed by atoms with E-state index in [1.807, 2.05) is 62.4 Å². The lowest BCUT2D eigenvalue weighted by atomic mass is 10.2. The largest absolute Gasteiger partial charge is 0.340 e. The van der Waals surface area contributed by atoms with Gasteiger partial charge in [-0.1, -0.05) is 35.4 Å². The second kappa shape index (κ2) is 6.70. The number of benzene rings is 2. The molecule has 0 spiro atoms. The molecule has 108 valence electrons. The molecule has 0 aromatic heterocycles. The van der Waals surface area contributed by atoms with Crippen molar-refractivity contribution in [3.8, 4) is 0 Å². The minimum atomic E-state index is -0.227. The van der Waals surface area contributed by atoms with Gasteiger partial charge in [0, 0.05) is 7.05 Å². The lowest BCUT2D eigenvalue weighted by Crippen LogP contribution is -2.37. The number of anilines is 1. The van der Waals surface area contributed by atoms with E-state index in [0.29, 0.717) is 0 Å². The van der Waals surface area contributed by atoms with Crippen LogP contribution in [0.2, 0.25) is 0 Å². The molecule has 0 atom stereocenters. The number of urea groups is 1. The monoisotopic (exact) mass is 281 g/mol. The van der Waals surface area contributed by atoms with E-state index in [1.165, 1.54) is 16.8 Å². The number of nitrogens with zero attached hydrogens (tertiary/aromatic N) is 2. The fraction of sp³-hybridized carbons (Fsp3) is 0.176. The van der Waals surface area contributed by atoms with Crippen molar-refractivity contribution in [2.45, 2.75) is 13.8 Å². The Labute approximate surface area is 125 Å². The van der Waals surface area contributed by atoms with E-state index < -0.39 is 0 Å². The average Bonchev–Trinajstić information content (AvgIpc) is 2.50. The average molecular weight is 281 g/mol. The van der Waals surface area contributed by atoms with Crippen molar-refractivity contribution in [1.82, 2.24) is 5.32 Å². The van der Waals surface area contributed by atoms with Gasteiger partial charge in [0.2, 0.25) is 0 Å². The van der Waals surface area contributed by atoms with Crippen molar-refractivity contribution in [1.29, 1.82) is 0 Å². The topological polar surface area (TPSA) is 44.7 Å². The van der Waals surface area contributed by atoms with Gasteiger partial charge in [-0.05, 0) is 38.1 Å². The summed E-state index contributed by atoms with van der Waals surface area (Å²) in [6.07, 6.45) is 1.54. The molecule has 2 aromatic rings. The van der Waals surface area contributed by atoms with Gasteiger partial charge in [0.05, 0.1) is 11.4 Å². The summed E-state index contributed by atoms with van der Waals surface area (Å²) >= 11 is 0. The smallest absolute Gasteiger partial charge is 0.326 e. The SMILES string of the molecule is CNC(=O)N(C=Nc1ccc(C)cc1)c1ccc(C)cc1. The molecule has 4 nitrogen and oxygen atoms in total. The maximum Gasteiger partial charge on any atom is 0.326 e. The summed E-state index contributed by atoms with van der Waals surface area (Å²) in [5.74, 6) is 0. The second-order valence-electron chi connectivity index (χ2n) is 4.84. The van der Waals surface area contributed by atoms with Crippen LogP contribution >= 0.6 is 0 Å². The Balaban J connectivity index is 2.26. The van der Waals surface area contributed by atoms with Crippen LogP contribution in [-0.2, 0) is 0 Å². The van der Waals surface area contributed by atoms with Crippen molar-refractivity contribution in [3.63, 3.8) is 0 Å². The molecule has 0 aliphatic heterocycles. The van der Waals surface area contributed by atoms with Crippen molar-refractivity contribution < 1.29 is 4.79 Å². The Morgan fingerprint density at radius 1 is 1.00 bits per heavy atom. The third-order valence-electron chi connectivity index (χ3n) is 3.10. The number of hydrogen-bond donors (Lipinski definition) is 1. The number of amides is 2. The molecule has 0 saturated heterocycles. The maximum absolute atomic E-state index is 12.0. The van der Waals surface area contributed by atoms with Gasteiger partial charge >= 0.3 is 6.03 Å². The molecular formula is C17H19N3O. The van der Waals surface area contributed by atoms with Gasteiger partial charge in [-0.3, -0.25) is 4.90 Å². The molecule has 0 aliphatic carbocycles. The number of aryl methyl sites for hydroxylation is 2. The normalized spacial score (nSPS) is 10.6. The maximum atomic E-state index is 12.0. The zero-order valence-electron chi connectivity index (χ0n) is 12.5. The molecule has 4 heteroatoms. The summed E-state index contributed by atoms with van der Waals surface area (Å²) in [5.41, 5.74) is 3.90. The van der Waals surface area contributed by atoms with E-state index in [4.69, 9.17) is 0 Å². The Morgan fingerprint density at radius 2 is 1.52 bits per heavy atom. The lowest BCUT2D eigenvalue weighted by Gasteiger charge is -2.17. The summed E-state index contributed by atoms with van der Waals surface area (Å²) in [5, 5.41) is 2.62. The van der Waals surface area contributed by atoms with Gasteiger partial charge in [-0.15, -0.1) is 0 Å². The first-order valence-corrected chi connectivity index (χ1v) is 6.78. The van der Waals surface area contributed by atoms with Crippen LogP contribution in [0.3, 0.4) is 0 Å². The summed E-state index contributed by atoms with van der Waals surface area (Å²) in [4.78, 5) is 17.8. The predicted molar refractivity (Wildman–Crippen MR) is 87.4 cm³/mol. The molecule has 21 heavy (non-hydrogen) atoms. The summed E-state index contributed by atoms with van der Waals surface area (Å²) in [6.45, 7) is 4.03. The van der Waals surface area contributed by atoms with Crippen molar-refractivity contribution >= 4 is 23.7 Å². The van der Waals surface area contributed by atoms with Crippen molar-refractivity contribution in [3.05, 3.63) is 59.7 Å². The molecule has 1 N–H and O–H groups in total. The number of nitrogens with one attached hydrogen (secondary N) is 1. The fourth-order valence-electron chi connectivity index (χ4n) is 1.82. The van der Waals surface area contributed by atoms with Gasteiger partial charge in [-0.25, -0.2) is 9.79 Å². The predicted octanol–water partition coefficient (Wildman–Crippen LogP) is 3.81. The van der Waals surface area contributed by atoms with Crippen LogP contribution in [0.25, 0.3) is 0 Å². The van der Waals surface area contributed by atoms with Crippen molar-refractivity contribution in [2.24, 2.45) is 4.99 Å². The highest BCUT2D eigenvalue weighted by molar-refractivity contribution is 6.07. The third kappa shape index (κ3) is 3.92. The molecule has 0 fully saturated rings. The summed E-state index contributed by atoms with van der Waals surface area (Å²) < 4.78 is 0. The Hall–Kier alpha value is -2.62. The number of carbonyl (C=O) groups is 1. The zero-order valence-corrected chi connectivity index (χ0v) is 12.5. The Kier molecular flexibility index (Phi) is 4.72. The first kappa shape index (κ1) is 14.8. The number of aliphatic imine (C=N–C) groups is 1. The van der Waals surface area contributed by atoms with Gasteiger partial charge in [-0.2, -0.15) is 0 Å². The van der Waals surface area contributed by atoms with Crippen LogP contribution in [0.15, 0.2) is 53.5 Å². The zero-order chi connectivity index (χ0) is 15.2. The molecule has 0 heterocycles. The Morgan fingerprint density at radius 3 is 2.05 bits per heavy atom. The highest BCUT2D eigenvalue weighted by Crippen LogP contribution is 2.16. The first-order chi connectivity index (χ1) is 10.1. The molecule has 0 bridgehead atoms. The van der Waals surface area contributed by atoms with Gasteiger partial charge in [0.1, 0.15) is 6.34 Å². The molecule has 0 radical (unpaired) electrons. The van der Waals surface area contributed by atoms with Crippen LogP contribution in [0.1, 0.15) is 11.1 Å². The van der Waals surface area contributed by atoms with Gasteiger partial charge < -0.3 is 5.32 Å². The summed E-state index contributed by atoms with van der Waals surface area (Å²) in [6, 6.07) is 15.3. The number of carbonyl (C=O) groups excluding carboxylic acids is 1. The van der Waals surface area contributed by atoms with Crippen LogP contribution in [0.4, 0.5) is 16.2 Å². The molecule has 0 unspecified atom stereocenters. The first-order valence-electron chi connectivity index (χ1n) is 6.78. The lowest BCUT2D eigenvalue weighted by molar-refractivity contribution is 0.251. The minimum absolute atomic E-state index is 0.227. The van der Waals surface area contributed by atoms with E-state index >= 15 is 0 Å². The molecule has 2 amide bonds. The Bertz CT molecular complexity index is 630. The van der Waals surface area contributed by atoms with Gasteiger partial charge in [0.15, 0.2) is 0 Å². The standard InChI is InChI=1S/C17H19N3O/c1-13-4-8-15(9-5-13)19-12-20(17(21)18-3)16-10-6-14(2)7-11-16/h4-12H,1-3H3,(H,18,21). The molecule has 0 saturated carbocycles. The number of rotatable bonds is 3. The molecular weight excluding hydrogens is 262 g/mol. The fourth-order valence-corrected chi connectivity index (χ4v) is 1.82. The van der Waals surface area contributed by atoms with Crippen LogP contribution < -0.4 is 10.2 Å². The van der Waals surface area contributed by atoms with E-state index in [-0.39, 0.29) is 6.03 Å². The highest BCUT2D eigenvalue weighted by Gasteiger charge is 2.11. The van der Waals surface area contributed by atoms with Crippen LogP contribution in [-0.4, -0.2) is 19.4 Å². The van der Waals surface area contributed by atoms with E-state index in [1.54, 1.807) is 7.05 Å². The van der Waals surface area contributed by atoms with E-state index in [0.717, 1.165) is 16.9 Å². The highest BCUT2D eigenvalue weighted by atomic mass is 16.2. The third-order valence-corrected chi connectivity index (χ3v) is 3.10. The minimum Gasteiger partial charge on any atom is -0.340 e. The molecule has 2 aromatic carbocycles. The summed E-state index contributed by atoms with van der Waals surface area (Å²) in [7, 11) is 1.60. The van der Waals surface area contributed by atoms with Crippen LogP contribution in [0, 0.1) is 13.8 Å². The van der Waals surface area contributed by atoms with Gasteiger partial charge in [0.25, 0.3) is 0 Å². The van der Waals surface area contributed by atoms with Crippen molar-refractivity contribution in [2.75, 3.05) is 11.9 Å². The van der Waals surface area contributed by atoms with E-state index in [2.05, 4.69) is 10.3 Å². The van der Waals surface area contributed by atoms with Crippen LogP contribution in [0.5, 0.6) is 0 Å². The second-order valence-corrected chi connectivity index (χ2v) is 4.84.